The van der Waals surface area contributed by atoms with Crippen molar-refractivity contribution in [1.29, 1.82) is 0 Å². The summed E-state index contributed by atoms with van der Waals surface area (Å²) in [5.74, 6) is -0.290. The van der Waals surface area contributed by atoms with Gasteiger partial charge in [0.15, 0.2) is 5.13 Å². The molecular weight excluding hydrogens is 462 g/mol. The zero-order valence-corrected chi connectivity index (χ0v) is 19.7. The topological polar surface area (TPSA) is 121 Å². The molecule has 3 N–H and O–H groups in total. The largest absolute Gasteiger partial charge is 0.336 e. The lowest BCUT2D eigenvalue weighted by Crippen LogP contribution is -2.27. The number of thiazole rings is 1. The SMILES string of the molecule is Cc1cccc(C)c1NS(=O)(=O)c1ccc(NC(=O)Cc2csc(N3CCNC3=O)n2)cc1. The fourth-order valence-corrected chi connectivity index (χ4v) is 5.46. The van der Waals surface area contributed by atoms with Crippen molar-refractivity contribution in [3.05, 3.63) is 64.7 Å². The van der Waals surface area contributed by atoms with Crippen LogP contribution in [0.5, 0.6) is 0 Å². The molecule has 0 bridgehead atoms. The summed E-state index contributed by atoms with van der Waals surface area (Å²) in [6.45, 7) is 4.80. The Morgan fingerprint density at radius 3 is 2.48 bits per heavy atom. The molecule has 1 aliphatic heterocycles. The normalized spacial score (nSPS) is 13.6. The van der Waals surface area contributed by atoms with Gasteiger partial charge in [-0.3, -0.25) is 14.4 Å². The van der Waals surface area contributed by atoms with E-state index in [2.05, 4.69) is 20.3 Å². The van der Waals surface area contributed by atoms with Gasteiger partial charge >= 0.3 is 6.03 Å². The van der Waals surface area contributed by atoms with Crippen LogP contribution in [0.4, 0.5) is 21.3 Å². The third-order valence-corrected chi connectivity index (χ3v) is 7.41. The van der Waals surface area contributed by atoms with Gasteiger partial charge in [0.1, 0.15) is 0 Å². The van der Waals surface area contributed by atoms with E-state index in [-0.39, 0.29) is 23.3 Å². The minimum absolute atomic E-state index is 0.0418. The van der Waals surface area contributed by atoms with Crippen LogP contribution < -0.4 is 20.3 Å². The molecule has 0 saturated carbocycles. The van der Waals surface area contributed by atoms with Crippen molar-refractivity contribution in [3.63, 3.8) is 0 Å². The number of para-hydroxylation sites is 1. The molecule has 4 rings (SSSR count). The Labute approximate surface area is 195 Å². The van der Waals surface area contributed by atoms with E-state index in [0.29, 0.717) is 35.3 Å². The molecule has 3 amide bonds. The molecule has 2 heterocycles. The van der Waals surface area contributed by atoms with Crippen LogP contribution in [-0.4, -0.2) is 38.4 Å². The molecule has 0 radical (unpaired) electrons. The zero-order valence-electron chi connectivity index (χ0n) is 18.1. The summed E-state index contributed by atoms with van der Waals surface area (Å²) in [6.07, 6.45) is 0.0418. The van der Waals surface area contributed by atoms with E-state index in [4.69, 9.17) is 0 Å². The highest BCUT2D eigenvalue weighted by molar-refractivity contribution is 7.92. The molecule has 3 aromatic rings. The fourth-order valence-electron chi connectivity index (χ4n) is 3.41. The predicted molar refractivity (Wildman–Crippen MR) is 128 cm³/mol. The van der Waals surface area contributed by atoms with Crippen LogP contribution in [-0.2, 0) is 21.2 Å². The highest BCUT2D eigenvalue weighted by atomic mass is 32.2. The first kappa shape index (κ1) is 22.7. The zero-order chi connectivity index (χ0) is 23.6. The van der Waals surface area contributed by atoms with Gasteiger partial charge in [0.2, 0.25) is 5.91 Å². The smallest absolute Gasteiger partial charge is 0.323 e. The molecule has 33 heavy (non-hydrogen) atoms. The van der Waals surface area contributed by atoms with Gasteiger partial charge in [-0.05, 0) is 49.2 Å². The number of anilines is 3. The number of amides is 3. The third kappa shape index (κ3) is 5.15. The predicted octanol–water partition coefficient (Wildman–Crippen LogP) is 3.27. The molecule has 11 heteroatoms. The third-order valence-electron chi connectivity index (χ3n) is 5.13. The second-order valence-corrected chi connectivity index (χ2v) is 10.1. The van der Waals surface area contributed by atoms with E-state index in [0.717, 1.165) is 11.1 Å². The summed E-state index contributed by atoms with van der Waals surface area (Å²) in [4.78, 5) is 30.1. The maximum Gasteiger partial charge on any atom is 0.323 e. The molecule has 0 spiro atoms. The molecule has 0 atom stereocenters. The maximum absolute atomic E-state index is 12.8. The summed E-state index contributed by atoms with van der Waals surface area (Å²) in [5, 5.41) is 7.75. The molecule has 0 aliphatic carbocycles. The summed E-state index contributed by atoms with van der Waals surface area (Å²) in [5.41, 5.74) is 3.25. The van der Waals surface area contributed by atoms with Crippen LogP contribution in [0.1, 0.15) is 16.8 Å². The number of urea groups is 1. The van der Waals surface area contributed by atoms with Gasteiger partial charge < -0.3 is 10.6 Å². The van der Waals surface area contributed by atoms with E-state index < -0.39 is 10.0 Å². The number of benzene rings is 2. The number of rotatable bonds is 7. The van der Waals surface area contributed by atoms with Crippen LogP contribution in [0.25, 0.3) is 0 Å². The van der Waals surface area contributed by atoms with Crippen molar-refractivity contribution >= 4 is 49.8 Å². The Morgan fingerprint density at radius 1 is 1.15 bits per heavy atom. The number of carbonyl (C=O) groups excluding carboxylic acids is 2. The van der Waals surface area contributed by atoms with E-state index in [1.165, 1.54) is 40.5 Å². The molecule has 1 fully saturated rings. The first-order chi connectivity index (χ1) is 15.7. The molecule has 9 nitrogen and oxygen atoms in total. The van der Waals surface area contributed by atoms with Gasteiger partial charge in [-0.15, -0.1) is 11.3 Å². The fraction of sp³-hybridized carbons (Fsp3) is 0.227. The Kier molecular flexibility index (Phi) is 6.34. The maximum atomic E-state index is 12.8. The van der Waals surface area contributed by atoms with Gasteiger partial charge in [0.05, 0.1) is 22.7 Å². The van der Waals surface area contributed by atoms with E-state index in [9.17, 15) is 18.0 Å². The Morgan fingerprint density at radius 2 is 1.85 bits per heavy atom. The average Bonchev–Trinajstić information content (AvgIpc) is 3.39. The summed E-state index contributed by atoms with van der Waals surface area (Å²) in [6, 6.07) is 11.3. The molecule has 172 valence electrons. The van der Waals surface area contributed by atoms with Crippen molar-refractivity contribution in [2.45, 2.75) is 25.2 Å². The van der Waals surface area contributed by atoms with Crippen LogP contribution >= 0.6 is 11.3 Å². The lowest BCUT2D eigenvalue weighted by Gasteiger charge is -2.13. The Hall–Kier alpha value is -3.44. The number of hydrogen-bond donors (Lipinski definition) is 3. The standard InChI is InChI=1S/C22H23N5O4S2/c1-14-4-3-5-15(2)20(14)26-33(30,31)18-8-6-16(7-9-18)24-19(28)12-17-13-32-22(25-17)27-11-10-23-21(27)29/h3-9,13,26H,10-12H2,1-2H3,(H,23,29)(H,24,28). The van der Waals surface area contributed by atoms with Crippen molar-refractivity contribution in [1.82, 2.24) is 10.3 Å². The quantitative estimate of drug-likeness (QED) is 0.474. The molecule has 2 aromatic carbocycles. The second-order valence-electron chi connectivity index (χ2n) is 7.63. The summed E-state index contributed by atoms with van der Waals surface area (Å²) >= 11 is 1.31. The number of aromatic nitrogens is 1. The summed E-state index contributed by atoms with van der Waals surface area (Å²) < 4.78 is 28.2. The lowest BCUT2D eigenvalue weighted by molar-refractivity contribution is -0.115. The van der Waals surface area contributed by atoms with Gasteiger partial charge in [0.25, 0.3) is 10.0 Å². The average molecular weight is 486 g/mol. The van der Waals surface area contributed by atoms with Gasteiger partial charge in [-0.1, -0.05) is 18.2 Å². The van der Waals surface area contributed by atoms with Crippen molar-refractivity contribution < 1.29 is 18.0 Å². The molecule has 1 saturated heterocycles. The monoisotopic (exact) mass is 485 g/mol. The van der Waals surface area contributed by atoms with Crippen LogP contribution in [0.3, 0.4) is 0 Å². The molecule has 1 aromatic heterocycles. The molecule has 0 unspecified atom stereocenters. The van der Waals surface area contributed by atoms with Gasteiger partial charge in [0, 0.05) is 24.2 Å². The van der Waals surface area contributed by atoms with Gasteiger partial charge in [-0.2, -0.15) is 0 Å². The first-order valence-electron chi connectivity index (χ1n) is 10.2. The van der Waals surface area contributed by atoms with E-state index >= 15 is 0 Å². The van der Waals surface area contributed by atoms with E-state index in [1.807, 2.05) is 32.0 Å². The minimum Gasteiger partial charge on any atom is -0.336 e. The number of sulfonamides is 1. The number of carbonyl (C=O) groups is 2. The molecule has 1 aliphatic rings. The number of aryl methyl sites for hydroxylation is 2. The van der Waals surface area contributed by atoms with Crippen LogP contribution in [0, 0.1) is 13.8 Å². The first-order valence-corrected chi connectivity index (χ1v) is 12.6. The minimum atomic E-state index is -3.77. The number of nitrogens with zero attached hydrogens (tertiary/aromatic N) is 2. The van der Waals surface area contributed by atoms with Crippen LogP contribution in [0.2, 0.25) is 0 Å². The van der Waals surface area contributed by atoms with Crippen molar-refractivity contribution in [2.24, 2.45) is 0 Å². The highest BCUT2D eigenvalue weighted by Crippen LogP contribution is 2.25. The second kappa shape index (κ2) is 9.20. The van der Waals surface area contributed by atoms with Crippen molar-refractivity contribution in [3.8, 4) is 0 Å². The Balaban J connectivity index is 1.39. The van der Waals surface area contributed by atoms with Crippen molar-refractivity contribution in [2.75, 3.05) is 28.0 Å². The number of nitrogens with one attached hydrogen (secondary N) is 3. The van der Waals surface area contributed by atoms with E-state index in [1.54, 1.807) is 5.38 Å². The number of hydrogen-bond acceptors (Lipinski definition) is 6. The highest BCUT2D eigenvalue weighted by Gasteiger charge is 2.24. The summed E-state index contributed by atoms with van der Waals surface area (Å²) in [7, 11) is -3.77. The Bertz CT molecular complexity index is 1280. The van der Waals surface area contributed by atoms with Crippen LogP contribution in [0.15, 0.2) is 52.7 Å². The lowest BCUT2D eigenvalue weighted by atomic mass is 10.1. The van der Waals surface area contributed by atoms with Gasteiger partial charge in [-0.25, -0.2) is 18.2 Å². The molecular formula is C22H23N5O4S2.